The van der Waals surface area contributed by atoms with Gasteiger partial charge in [0.15, 0.2) is 0 Å². The van der Waals surface area contributed by atoms with Crippen LogP contribution in [0.5, 0.6) is 0 Å². The van der Waals surface area contributed by atoms with Crippen LogP contribution in [0.4, 0.5) is 0 Å². The van der Waals surface area contributed by atoms with Gasteiger partial charge in [-0.25, -0.2) is 4.79 Å². The first kappa shape index (κ1) is 16.1. The molecule has 2 aromatic rings. The number of carbonyl (C=O) groups is 2. The minimum atomic E-state index is -1.02. The lowest BCUT2D eigenvalue weighted by Crippen LogP contribution is -2.27. The molecule has 22 heavy (non-hydrogen) atoms. The number of fused-ring (bicyclic) bond motifs is 1. The van der Waals surface area contributed by atoms with Crippen LogP contribution in [0.15, 0.2) is 18.2 Å². The van der Waals surface area contributed by atoms with E-state index < -0.39 is 5.97 Å². The Hall–Kier alpha value is -2.30. The molecule has 1 amide bonds. The van der Waals surface area contributed by atoms with Crippen molar-refractivity contribution in [2.45, 2.75) is 33.2 Å². The molecule has 1 heterocycles. The summed E-state index contributed by atoms with van der Waals surface area (Å²) in [5.41, 5.74) is 3.14. The first-order valence-corrected chi connectivity index (χ1v) is 7.29. The largest absolute Gasteiger partial charge is 0.477 e. The Morgan fingerprint density at radius 3 is 2.36 bits per heavy atom. The van der Waals surface area contributed by atoms with Gasteiger partial charge in [0.2, 0.25) is 5.91 Å². The number of likely N-dealkylation sites (N-methyl/N-ethyl adjacent to an activating group) is 1. The van der Waals surface area contributed by atoms with Crippen molar-refractivity contribution in [1.82, 2.24) is 9.47 Å². The van der Waals surface area contributed by atoms with E-state index in [1.165, 1.54) is 4.90 Å². The van der Waals surface area contributed by atoms with E-state index >= 15 is 0 Å². The average Bonchev–Trinajstić information content (AvgIpc) is 2.76. The summed E-state index contributed by atoms with van der Waals surface area (Å²) in [4.78, 5) is 25.1. The number of amides is 1. The number of hydrogen-bond donors (Lipinski definition) is 1. The topological polar surface area (TPSA) is 62.5 Å². The maximum Gasteiger partial charge on any atom is 0.352 e. The van der Waals surface area contributed by atoms with Gasteiger partial charge in [0.25, 0.3) is 0 Å². The van der Waals surface area contributed by atoms with Crippen LogP contribution in [0.2, 0.25) is 0 Å². The van der Waals surface area contributed by atoms with Crippen molar-refractivity contribution >= 4 is 22.8 Å². The first-order chi connectivity index (χ1) is 10.2. The third kappa shape index (κ3) is 2.84. The molecule has 2 rings (SSSR count). The van der Waals surface area contributed by atoms with Crippen molar-refractivity contribution in [3.05, 3.63) is 35.0 Å². The number of aryl methyl sites for hydroxylation is 1. The standard InChI is InChI=1S/C17H22N2O3/c1-10(2)13-7-11(3)6-12-8-14(17(21)22)19(16(12)13)9-15(20)18(4)5/h6-8,10H,9H2,1-5H3,(H,21,22). The summed E-state index contributed by atoms with van der Waals surface area (Å²) in [6.07, 6.45) is 0. The molecule has 1 N–H and O–H groups in total. The average molecular weight is 302 g/mol. The van der Waals surface area contributed by atoms with Gasteiger partial charge in [0.1, 0.15) is 12.2 Å². The molecule has 118 valence electrons. The molecule has 0 saturated carbocycles. The fourth-order valence-electron chi connectivity index (χ4n) is 2.66. The highest BCUT2D eigenvalue weighted by Gasteiger charge is 2.21. The molecular formula is C17H22N2O3. The predicted octanol–water partition coefficient (Wildman–Crippen LogP) is 2.86. The predicted molar refractivity (Wildman–Crippen MR) is 86.4 cm³/mol. The van der Waals surface area contributed by atoms with Gasteiger partial charge in [-0.05, 0) is 30.5 Å². The summed E-state index contributed by atoms with van der Waals surface area (Å²) in [6.45, 7) is 6.16. The molecule has 5 heteroatoms. The third-order valence-corrected chi connectivity index (χ3v) is 3.80. The number of carbonyl (C=O) groups excluding carboxylic acids is 1. The van der Waals surface area contributed by atoms with Crippen LogP contribution in [0.25, 0.3) is 10.9 Å². The first-order valence-electron chi connectivity index (χ1n) is 7.29. The van der Waals surface area contributed by atoms with Gasteiger partial charge in [-0.3, -0.25) is 4.79 Å². The van der Waals surface area contributed by atoms with Crippen LogP contribution in [-0.4, -0.2) is 40.5 Å². The lowest BCUT2D eigenvalue weighted by atomic mass is 9.98. The molecule has 1 aromatic heterocycles. The molecule has 5 nitrogen and oxygen atoms in total. The number of hydrogen-bond acceptors (Lipinski definition) is 2. The van der Waals surface area contributed by atoms with Crippen molar-refractivity contribution in [3.8, 4) is 0 Å². The Morgan fingerprint density at radius 2 is 1.86 bits per heavy atom. The van der Waals surface area contributed by atoms with Gasteiger partial charge in [-0.1, -0.05) is 25.5 Å². The molecule has 0 radical (unpaired) electrons. The van der Waals surface area contributed by atoms with E-state index in [4.69, 9.17) is 0 Å². The highest BCUT2D eigenvalue weighted by atomic mass is 16.4. The van der Waals surface area contributed by atoms with Crippen molar-refractivity contribution in [2.75, 3.05) is 14.1 Å². The van der Waals surface area contributed by atoms with E-state index in [1.54, 1.807) is 24.7 Å². The molecular weight excluding hydrogens is 280 g/mol. The third-order valence-electron chi connectivity index (χ3n) is 3.80. The Kier molecular flexibility index (Phi) is 4.26. The van der Waals surface area contributed by atoms with Gasteiger partial charge in [-0.2, -0.15) is 0 Å². The van der Waals surface area contributed by atoms with Crippen LogP contribution in [-0.2, 0) is 11.3 Å². The maximum atomic E-state index is 12.1. The monoisotopic (exact) mass is 302 g/mol. The molecule has 0 spiro atoms. The summed E-state index contributed by atoms with van der Waals surface area (Å²) in [7, 11) is 3.34. The van der Waals surface area contributed by atoms with E-state index in [9.17, 15) is 14.7 Å². The van der Waals surface area contributed by atoms with Gasteiger partial charge in [-0.15, -0.1) is 0 Å². The Balaban J connectivity index is 2.77. The van der Waals surface area contributed by atoms with Crippen LogP contribution < -0.4 is 0 Å². The molecule has 0 bridgehead atoms. The van der Waals surface area contributed by atoms with E-state index in [2.05, 4.69) is 19.9 Å². The van der Waals surface area contributed by atoms with E-state index in [-0.39, 0.29) is 24.1 Å². The van der Waals surface area contributed by atoms with Crippen molar-refractivity contribution < 1.29 is 14.7 Å². The zero-order valence-electron chi connectivity index (χ0n) is 13.7. The minimum absolute atomic E-state index is 0.0287. The molecule has 0 aliphatic carbocycles. The summed E-state index contributed by atoms with van der Waals surface area (Å²) >= 11 is 0. The van der Waals surface area contributed by atoms with Gasteiger partial charge >= 0.3 is 5.97 Å². The normalized spacial score (nSPS) is 11.2. The van der Waals surface area contributed by atoms with Crippen molar-refractivity contribution in [1.29, 1.82) is 0 Å². The minimum Gasteiger partial charge on any atom is -0.477 e. The van der Waals surface area contributed by atoms with Gasteiger partial charge in [0, 0.05) is 19.5 Å². The van der Waals surface area contributed by atoms with E-state index in [0.29, 0.717) is 0 Å². The van der Waals surface area contributed by atoms with E-state index in [0.717, 1.165) is 22.0 Å². The molecule has 0 fully saturated rings. The van der Waals surface area contributed by atoms with Crippen molar-refractivity contribution in [3.63, 3.8) is 0 Å². The Bertz CT molecular complexity index is 742. The molecule has 0 unspecified atom stereocenters. The molecule has 1 aromatic carbocycles. The van der Waals surface area contributed by atoms with Crippen LogP contribution >= 0.6 is 0 Å². The summed E-state index contributed by atoms with van der Waals surface area (Å²) in [5, 5.41) is 10.3. The SMILES string of the molecule is Cc1cc(C(C)C)c2c(c1)cc(C(=O)O)n2CC(=O)N(C)C. The highest BCUT2D eigenvalue weighted by Crippen LogP contribution is 2.30. The molecule has 0 saturated heterocycles. The summed E-state index contributed by atoms with van der Waals surface area (Å²) in [5.74, 6) is -0.905. The maximum absolute atomic E-state index is 12.1. The quantitative estimate of drug-likeness (QED) is 0.944. The Morgan fingerprint density at radius 1 is 1.23 bits per heavy atom. The number of rotatable bonds is 4. The van der Waals surface area contributed by atoms with E-state index in [1.807, 2.05) is 13.0 Å². The van der Waals surface area contributed by atoms with Crippen LogP contribution in [0.3, 0.4) is 0 Å². The van der Waals surface area contributed by atoms with Crippen LogP contribution in [0, 0.1) is 6.92 Å². The fourth-order valence-corrected chi connectivity index (χ4v) is 2.66. The highest BCUT2D eigenvalue weighted by molar-refractivity contribution is 5.97. The number of aromatic nitrogens is 1. The Labute approximate surface area is 130 Å². The van der Waals surface area contributed by atoms with Crippen LogP contribution in [0.1, 0.15) is 41.4 Å². The lowest BCUT2D eigenvalue weighted by molar-refractivity contribution is -0.129. The fraction of sp³-hybridized carbons (Fsp3) is 0.412. The molecule has 0 aliphatic heterocycles. The summed E-state index contributed by atoms with van der Waals surface area (Å²) < 4.78 is 1.62. The smallest absolute Gasteiger partial charge is 0.352 e. The second-order valence-electron chi connectivity index (χ2n) is 6.16. The van der Waals surface area contributed by atoms with Crippen molar-refractivity contribution in [2.24, 2.45) is 0 Å². The lowest BCUT2D eigenvalue weighted by Gasteiger charge is -2.16. The zero-order valence-corrected chi connectivity index (χ0v) is 13.7. The molecule has 0 aliphatic rings. The van der Waals surface area contributed by atoms with Gasteiger partial charge < -0.3 is 14.6 Å². The number of aromatic carboxylic acids is 1. The summed E-state index contributed by atoms with van der Waals surface area (Å²) in [6, 6.07) is 5.68. The molecule has 0 atom stereocenters. The number of benzene rings is 1. The zero-order chi connectivity index (χ0) is 16.6. The number of nitrogens with zero attached hydrogens (tertiary/aromatic N) is 2. The number of carboxylic acid groups (broad SMARTS) is 1. The number of carboxylic acids is 1. The van der Waals surface area contributed by atoms with Gasteiger partial charge in [0.05, 0.1) is 5.52 Å². The second-order valence-corrected chi connectivity index (χ2v) is 6.16. The second kappa shape index (κ2) is 5.83.